The van der Waals surface area contributed by atoms with Crippen molar-refractivity contribution in [2.24, 2.45) is 11.8 Å². The molecule has 1 heterocycles. The zero-order valence-electron chi connectivity index (χ0n) is 12.3. The molecule has 0 bridgehead atoms. The number of carbonyl (C=O) groups excluding carboxylic acids is 1. The van der Waals surface area contributed by atoms with Gasteiger partial charge >= 0.3 is 0 Å². The largest absolute Gasteiger partial charge is 0.349 e. The number of nitrogens with zero attached hydrogens (tertiary/aromatic N) is 1. The van der Waals surface area contributed by atoms with Gasteiger partial charge < -0.3 is 10.7 Å². The fourth-order valence-electron chi connectivity index (χ4n) is 3.01. The number of anilines is 1. The Kier molecular flexibility index (Phi) is 4.95. The maximum atomic E-state index is 12.4. The number of rotatable bonds is 4. The highest BCUT2D eigenvalue weighted by Crippen LogP contribution is 2.27. The van der Waals surface area contributed by atoms with Crippen molar-refractivity contribution in [1.29, 1.82) is 0 Å². The molecule has 1 aliphatic rings. The van der Waals surface area contributed by atoms with Crippen LogP contribution in [0.25, 0.3) is 0 Å². The number of nitrogen functional groups attached to an aromatic ring is 1. The molecule has 1 aromatic rings. The molecule has 1 amide bonds. The predicted molar refractivity (Wildman–Crippen MR) is 80.3 cm³/mol. The molecule has 0 aliphatic heterocycles. The predicted octanol–water partition coefficient (Wildman–Crippen LogP) is 2.37. The van der Waals surface area contributed by atoms with Gasteiger partial charge in [-0.3, -0.25) is 4.79 Å². The fourth-order valence-corrected chi connectivity index (χ4v) is 3.01. The summed E-state index contributed by atoms with van der Waals surface area (Å²) >= 11 is 0. The lowest BCUT2D eigenvalue weighted by atomic mass is 9.83. The minimum absolute atomic E-state index is 0.0302. The van der Waals surface area contributed by atoms with E-state index in [1.165, 1.54) is 19.3 Å². The second-order valence-electron chi connectivity index (χ2n) is 5.56. The van der Waals surface area contributed by atoms with Crippen molar-refractivity contribution < 1.29 is 4.79 Å². The molecule has 5 nitrogen and oxygen atoms in total. The minimum Gasteiger partial charge on any atom is -0.349 e. The minimum atomic E-state index is -0.0302. The quantitative estimate of drug-likeness (QED) is 0.582. The van der Waals surface area contributed by atoms with Crippen LogP contribution in [0.15, 0.2) is 12.1 Å². The summed E-state index contributed by atoms with van der Waals surface area (Å²) in [5.41, 5.74) is 3.89. The third kappa shape index (κ3) is 3.48. The lowest BCUT2D eigenvalue weighted by molar-refractivity contribution is 0.0904. The first kappa shape index (κ1) is 14.8. The van der Waals surface area contributed by atoms with Gasteiger partial charge in [0, 0.05) is 17.3 Å². The fraction of sp³-hybridized carbons (Fsp3) is 0.600. The second-order valence-corrected chi connectivity index (χ2v) is 5.56. The summed E-state index contributed by atoms with van der Waals surface area (Å²) in [6.45, 7) is 4.05. The molecule has 0 aromatic carbocycles. The summed E-state index contributed by atoms with van der Waals surface area (Å²) < 4.78 is 0. The van der Waals surface area contributed by atoms with Gasteiger partial charge in [0.2, 0.25) is 0 Å². The molecule has 4 N–H and O–H groups in total. The summed E-state index contributed by atoms with van der Waals surface area (Å²) in [5.74, 6) is 6.46. The Hall–Kier alpha value is -1.62. The van der Waals surface area contributed by atoms with Crippen LogP contribution in [-0.2, 0) is 0 Å². The van der Waals surface area contributed by atoms with E-state index in [9.17, 15) is 4.79 Å². The van der Waals surface area contributed by atoms with Crippen LogP contribution < -0.4 is 16.6 Å². The lowest BCUT2D eigenvalue weighted by Crippen LogP contribution is -2.42. The number of amides is 1. The van der Waals surface area contributed by atoms with Crippen LogP contribution in [0.5, 0.6) is 0 Å². The standard InChI is InChI=1S/C15H24N4O/c1-3-11-6-4-5-7-13(11)18-15(20)12-8-10(2)17-14(9-12)19-16/h8-9,11,13H,3-7,16H2,1-2H3,(H,17,19)(H,18,20). The number of hydrogen-bond acceptors (Lipinski definition) is 4. The van der Waals surface area contributed by atoms with Crippen molar-refractivity contribution >= 4 is 11.7 Å². The van der Waals surface area contributed by atoms with E-state index in [-0.39, 0.29) is 5.91 Å². The number of aryl methyl sites for hydroxylation is 1. The SMILES string of the molecule is CCC1CCCCC1NC(=O)c1cc(C)nc(NN)c1. The Morgan fingerprint density at radius 1 is 1.40 bits per heavy atom. The molecule has 2 atom stereocenters. The molecular weight excluding hydrogens is 252 g/mol. The number of nitrogens with one attached hydrogen (secondary N) is 2. The highest BCUT2D eigenvalue weighted by atomic mass is 16.1. The molecule has 2 rings (SSSR count). The Morgan fingerprint density at radius 2 is 2.15 bits per heavy atom. The van der Waals surface area contributed by atoms with Gasteiger partial charge in [0.25, 0.3) is 5.91 Å². The number of nitrogens with two attached hydrogens (primary N) is 1. The first-order valence-corrected chi connectivity index (χ1v) is 7.40. The van der Waals surface area contributed by atoms with Crippen molar-refractivity contribution in [3.8, 4) is 0 Å². The van der Waals surface area contributed by atoms with Gasteiger partial charge in [0.15, 0.2) is 0 Å². The average molecular weight is 276 g/mol. The molecule has 1 aromatic heterocycles. The monoisotopic (exact) mass is 276 g/mol. The molecule has 0 radical (unpaired) electrons. The van der Waals surface area contributed by atoms with E-state index in [2.05, 4.69) is 22.7 Å². The smallest absolute Gasteiger partial charge is 0.251 e. The summed E-state index contributed by atoms with van der Waals surface area (Å²) in [4.78, 5) is 16.6. The van der Waals surface area contributed by atoms with Gasteiger partial charge in [-0.25, -0.2) is 10.8 Å². The molecule has 1 saturated carbocycles. The maximum Gasteiger partial charge on any atom is 0.251 e. The third-order valence-corrected chi connectivity index (χ3v) is 4.11. The van der Waals surface area contributed by atoms with Crippen LogP contribution in [0, 0.1) is 12.8 Å². The van der Waals surface area contributed by atoms with Crippen LogP contribution in [0.3, 0.4) is 0 Å². The van der Waals surface area contributed by atoms with E-state index in [1.54, 1.807) is 12.1 Å². The second kappa shape index (κ2) is 6.70. The molecule has 20 heavy (non-hydrogen) atoms. The third-order valence-electron chi connectivity index (χ3n) is 4.11. The number of aromatic nitrogens is 1. The normalized spacial score (nSPS) is 22.4. The Labute approximate surface area is 120 Å². The van der Waals surface area contributed by atoms with Crippen molar-refractivity contribution in [2.75, 3.05) is 5.43 Å². The van der Waals surface area contributed by atoms with E-state index in [0.29, 0.717) is 23.3 Å². The van der Waals surface area contributed by atoms with Crippen LogP contribution >= 0.6 is 0 Å². The number of hydrogen-bond donors (Lipinski definition) is 3. The molecule has 0 saturated heterocycles. The molecule has 1 fully saturated rings. The van der Waals surface area contributed by atoms with E-state index in [4.69, 9.17) is 5.84 Å². The Morgan fingerprint density at radius 3 is 2.85 bits per heavy atom. The number of carbonyl (C=O) groups is 1. The first-order valence-electron chi connectivity index (χ1n) is 7.40. The van der Waals surface area contributed by atoms with Gasteiger partial charge in [0.05, 0.1) is 0 Å². The summed E-state index contributed by atoms with van der Waals surface area (Å²) in [5, 5.41) is 3.18. The summed E-state index contributed by atoms with van der Waals surface area (Å²) in [6, 6.07) is 3.77. The van der Waals surface area contributed by atoms with Crippen LogP contribution in [0.4, 0.5) is 5.82 Å². The summed E-state index contributed by atoms with van der Waals surface area (Å²) in [6.07, 6.45) is 5.89. The zero-order valence-corrected chi connectivity index (χ0v) is 12.3. The van der Waals surface area contributed by atoms with Gasteiger partial charge in [0.1, 0.15) is 5.82 Å². The topological polar surface area (TPSA) is 80.0 Å². The molecule has 0 spiro atoms. The van der Waals surface area contributed by atoms with Crippen LogP contribution in [0.1, 0.15) is 55.1 Å². The van der Waals surface area contributed by atoms with Gasteiger partial charge in [-0.15, -0.1) is 0 Å². The maximum absolute atomic E-state index is 12.4. The highest BCUT2D eigenvalue weighted by molar-refractivity contribution is 5.95. The van der Waals surface area contributed by atoms with Gasteiger partial charge in [-0.05, 0) is 37.8 Å². The van der Waals surface area contributed by atoms with Crippen molar-refractivity contribution in [1.82, 2.24) is 10.3 Å². The highest BCUT2D eigenvalue weighted by Gasteiger charge is 2.25. The Balaban J connectivity index is 2.09. The summed E-state index contributed by atoms with van der Waals surface area (Å²) in [7, 11) is 0. The van der Waals surface area contributed by atoms with Crippen molar-refractivity contribution in [3.63, 3.8) is 0 Å². The van der Waals surface area contributed by atoms with Gasteiger partial charge in [-0.1, -0.05) is 26.2 Å². The molecule has 5 heteroatoms. The van der Waals surface area contributed by atoms with Crippen molar-refractivity contribution in [3.05, 3.63) is 23.4 Å². The van der Waals surface area contributed by atoms with Gasteiger partial charge in [-0.2, -0.15) is 0 Å². The molecule has 1 aliphatic carbocycles. The average Bonchev–Trinajstić information content (AvgIpc) is 2.47. The van der Waals surface area contributed by atoms with E-state index in [1.807, 2.05) is 6.92 Å². The molecule has 2 unspecified atom stereocenters. The van der Waals surface area contributed by atoms with E-state index in [0.717, 1.165) is 18.5 Å². The zero-order chi connectivity index (χ0) is 14.5. The van der Waals surface area contributed by atoms with Crippen LogP contribution in [0.2, 0.25) is 0 Å². The molecule has 110 valence electrons. The Bertz CT molecular complexity index is 475. The number of pyridine rings is 1. The lowest BCUT2D eigenvalue weighted by Gasteiger charge is -2.31. The molecular formula is C15H24N4O. The van der Waals surface area contributed by atoms with Crippen molar-refractivity contribution in [2.45, 2.75) is 52.0 Å². The van der Waals surface area contributed by atoms with E-state index >= 15 is 0 Å². The first-order chi connectivity index (χ1) is 9.63. The number of hydrazine groups is 1. The van der Waals surface area contributed by atoms with E-state index < -0.39 is 0 Å². The van der Waals surface area contributed by atoms with Crippen LogP contribution in [-0.4, -0.2) is 16.9 Å².